The molecule has 720 valence electrons. The van der Waals surface area contributed by atoms with Gasteiger partial charge in [-0.05, 0) is 119 Å². The van der Waals surface area contributed by atoms with Crippen LogP contribution in [0.2, 0.25) is 0 Å². The number of carboxylic acid groups (broad SMARTS) is 3. The molecule has 48 nitrogen and oxygen atoms in total. The number of carbonyl (C=O) groups is 18. The van der Waals surface area contributed by atoms with E-state index in [9.17, 15) is 112 Å². The third-order valence-electron chi connectivity index (χ3n) is 21.1. The summed E-state index contributed by atoms with van der Waals surface area (Å²) in [6, 6.07) is -8.94. The Kier molecular flexibility index (Phi) is 45.4. The van der Waals surface area contributed by atoms with E-state index in [0.29, 0.717) is 58.0 Å². The van der Waals surface area contributed by atoms with Gasteiger partial charge in [-0.2, -0.15) is 0 Å². The maximum Gasteiger partial charge on any atom is 0.326 e. The molecule has 3 aromatic heterocycles. The van der Waals surface area contributed by atoms with Crippen LogP contribution in [0.5, 0.6) is 0 Å². The van der Waals surface area contributed by atoms with E-state index < -0.39 is 261 Å². The average Bonchev–Trinajstić information content (AvgIpc) is 1.70. The molecule has 0 aliphatic carbocycles. The molecule has 0 unspecified atom stereocenters. The largest absolute Gasteiger partial charge is 0.481 e. The van der Waals surface area contributed by atoms with Crippen molar-refractivity contribution >= 4 is 134 Å². The van der Waals surface area contributed by atoms with E-state index in [-0.39, 0.29) is 83.7 Å². The maximum absolute atomic E-state index is 15.0. The highest BCUT2D eigenvalue weighted by Crippen LogP contribution is 2.23. The van der Waals surface area contributed by atoms with E-state index in [1.54, 1.807) is 75.5 Å². The minimum Gasteiger partial charge on any atom is -0.481 e. The SMILES string of the molecule is CC[C@H](C)[C@H](NC(=O)CNC(=O)[C@H](CCCNC(=N)N)NC(=O)[C@H](C)NC(=O)[C@H](CCCCN)NC(=O)[C@H](CC(N)=O)NC(=O)[C@H](CC(C)C)NC(=O)[C@H](Cc1c[nH]c2ccccc12)NC(=O)[C@H](CCC(=O)O)NC(=O)[C@H](CO)NC(=O)[C@H](Cc1cnc[nH]1)NC(=O)[C@@H](N)CCCCN)C(=O)N[C@@H](CCC(=O)O)C(=O)N[C@@H](CO)C(=O)N[C@@H](Cc1c[nH]c2ccccc12)C(=O)O. The number of carbonyl (C=O) groups excluding carboxylic acids is 15. The van der Waals surface area contributed by atoms with Crippen molar-refractivity contribution in [3.8, 4) is 0 Å². The zero-order valence-electron chi connectivity index (χ0n) is 73.6. The van der Waals surface area contributed by atoms with Crippen LogP contribution in [0.25, 0.3) is 21.8 Å². The molecular weight excluding hydrogens is 1720 g/mol. The number of aromatic amines is 3. The van der Waals surface area contributed by atoms with Crippen molar-refractivity contribution in [2.24, 2.45) is 40.5 Å². The molecule has 5 aromatic rings. The molecule has 0 fully saturated rings. The topological polar surface area (TPSA) is 803 Å². The van der Waals surface area contributed by atoms with Crippen LogP contribution < -0.4 is 108 Å². The minimum absolute atomic E-state index is 0.0219. The summed E-state index contributed by atoms with van der Waals surface area (Å²) in [7, 11) is 0. The lowest BCUT2D eigenvalue weighted by molar-refractivity contribution is -0.142. The summed E-state index contributed by atoms with van der Waals surface area (Å²) in [5, 5.41) is 95.7. The second kappa shape index (κ2) is 55.2. The molecule has 48 heteroatoms. The second-order valence-electron chi connectivity index (χ2n) is 32.0. The minimum atomic E-state index is -1.90. The van der Waals surface area contributed by atoms with Crippen LogP contribution in [0.15, 0.2) is 73.4 Å². The number of aliphatic hydroxyl groups excluding tert-OH is 2. The molecule has 0 radical (unpaired) electrons. The Bertz CT molecular complexity index is 4730. The number of aliphatic hydroxyl groups is 2. The Balaban J connectivity index is 1.31. The third kappa shape index (κ3) is 36.7. The van der Waals surface area contributed by atoms with Gasteiger partial charge in [0, 0.05) is 84.7 Å². The molecule has 15 amide bonds. The Morgan fingerprint density at radius 2 is 0.863 bits per heavy atom. The number of primary amides is 1. The standard InChI is InChI=1S/C83H125N25O23/c1-6-43(4)68(81(129)100-56(24-26-67(115)116)74(122)106-63(40-110)80(128)105-61(82(130)131)32-46-36-93-52-20-10-8-17-49(46)52)108-65(112)38-94-71(119)53(22-15-29-91-83(88)89)97-69(117)44(5)96-72(120)54(21-12-14-28-85)98-78(126)60(34-64(87)111)104-75(123)57(30-42(2)3)102-76(124)58(31-45-35-92-51-19-9-7-16-48(45)51)103-73(121)55(23-25-66(113)114)99-79(127)62(39-109)107-77(125)59(33-47-37-90-41-95-47)101-70(118)50(86)18-11-13-27-84/h7-10,16-17,19-20,35-37,41-44,50,53-63,68,92-93,109-110H,6,11-15,18,21-34,38-40,84-86H2,1-5H3,(H2,87,111)(H,90,95)(H,94,119)(H,96,120)(H,97,117)(H,98,126)(H,99,127)(H,100,129)(H,101,118)(H,102,124)(H,103,121)(H,104,123)(H,105,128)(H,106,122)(H,107,125)(H,108,112)(H,113,114)(H,115,116)(H,130,131)(H4,88,89,91)/t43-,44-,50-,53-,54-,55-,56-,57-,58-,59-,60-,61-,62-,63-,68-/m0/s1. The number of rotatable bonds is 61. The van der Waals surface area contributed by atoms with E-state index in [1.807, 2.05) is 0 Å². The van der Waals surface area contributed by atoms with Gasteiger partial charge in [0.25, 0.3) is 0 Å². The van der Waals surface area contributed by atoms with Gasteiger partial charge in [-0.15, -0.1) is 0 Å². The van der Waals surface area contributed by atoms with Crippen LogP contribution in [-0.2, 0) is 106 Å². The van der Waals surface area contributed by atoms with E-state index >= 15 is 0 Å². The van der Waals surface area contributed by atoms with E-state index in [0.717, 1.165) is 0 Å². The Morgan fingerprint density at radius 3 is 1.36 bits per heavy atom. The summed E-state index contributed by atoms with van der Waals surface area (Å²) in [5.41, 5.74) is 31.2. The number of imidazole rings is 1. The van der Waals surface area contributed by atoms with Gasteiger partial charge in [0.15, 0.2) is 5.96 Å². The number of aliphatic carboxylic acids is 3. The van der Waals surface area contributed by atoms with Gasteiger partial charge in [-0.1, -0.05) is 76.9 Å². The first kappa shape index (κ1) is 108. The number of benzene rings is 2. The lowest BCUT2D eigenvalue weighted by atomic mass is 9.97. The molecule has 2 aromatic carbocycles. The molecule has 0 saturated heterocycles. The summed E-state index contributed by atoms with van der Waals surface area (Å²) < 4.78 is 0. The smallest absolute Gasteiger partial charge is 0.326 e. The number of fused-ring (bicyclic) bond motifs is 2. The number of unbranched alkanes of at least 4 members (excludes halogenated alkanes) is 2. The molecule has 131 heavy (non-hydrogen) atoms. The molecule has 0 spiro atoms. The summed E-state index contributed by atoms with van der Waals surface area (Å²) in [6.45, 7) is 5.06. The van der Waals surface area contributed by atoms with Crippen LogP contribution >= 0.6 is 0 Å². The molecule has 0 saturated carbocycles. The predicted octanol–water partition coefficient (Wildman–Crippen LogP) is -6.55. The molecule has 5 rings (SSSR count). The van der Waals surface area contributed by atoms with Crippen molar-refractivity contribution in [2.75, 3.05) is 39.4 Å². The number of H-pyrrole nitrogens is 3. The molecule has 15 atom stereocenters. The van der Waals surface area contributed by atoms with Crippen molar-refractivity contribution in [3.63, 3.8) is 0 Å². The summed E-state index contributed by atoms with van der Waals surface area (Å²) in [6.07, 6.45) is 2.63. The number of guanidine groups is 1. The number of aromatic nitrogens is 4. The van der Waals surface area contributed by atoms with Crippen molar-refractivity contribution in [2.45, 2.75) is 235 Å². The number of hydrogen-bond acceptors (Lipinski definition) is 25. The van der Waals surface area contributed by atoms with Gasteiger partial charge in [0.05, 0.1) is 38.5 Å². The highest BCUT2D eigenvalue weighted by Gasteiger charge is 2.39. The van der Waals surface area contributed by atoms with Gasteiger partial charge in [-0.3, -0.25) is 86.9 Å². The third-order valence-corrected chi connectivity index (χ3v) is 21.1. The number of nitrogens with zero attached hydrogens (tertiary/aromatic N) is 1. The van der Waals surface area contributed by atoms with E-state index in [2.05, 4.69) is 99.7 Å². The second-order valence-corrected chi connectivity index (χ2v) is 32.0. The predicted molar refractivity (Wildman–Crippen MR) is 471 cm³/mol. The van der Waals surface area contributed by atoms with E-state index in [1.165, 1.54) is 32.6 Å². The van der Waals surface area contributed by atoms with Crippen LogP contribution in [0.3, 0.4) is 0 Å². The van der Waals surface area contributed by atoms with Crippen molar-refractivity contribution in [1.29, 1.82) is 5.41 Å². The number of carboxylic acids is 3. The molecule has 0 bridgehead atoms. The van der Waals surface area contributed by atoms with Gasteiger partial charge >= 0.3 is 17.9 Å². The van der Waals surface area contributed by atoms with Crippen molar-refractivity contribution in [3.05, 3.63) is 90.3 Å². The molecular formula is C83H125N25O23. The van der Waals surface area contributed by atoms with Crippen molar-refractivity contribution < 1.29 is 112 Å². The van der Waals surface area contributed by atoms with Crippen LogP contribution in [-0.4, -0.2) is 282 Å². The Hall–Kier alpha value is -13.7. The number of amides is 15. The highest BCUT2D eigenvalue weighted by molar-refractivity contribution is 6.02. The van der Waals surface area contributed by atoms with Gasteiger partial charge in [-0.25, -0.2) is 9.78 Å². The fourth-order valence-electron chi connectivity index (χ4n) is 13.7. The fourth-order valence-corrected chi connectivity index (χ4v) is 13.7. The number of para-hydroxylation sites is 2. The molecule has 0 aliphatic heterocycles. The molecule has 0 aliphatic rings. The van der Waals surface area contributed by atoms with Gasteiger partial charge in [0.1, 0.15) is 78.5 Å². The zero-order valence-corrected chi connectivity index (χ0v) is 73.6. The lowest BCUT2D eigenvalue weighted by Crippen LogP contribution is -2.61. The zero-order chi connectivity index (χ0) is 97.1. The number of nitrogens with two attached hydrogens (primary N) is 5. The summed E-state index contributed by atoms with van der Waals surface area (Å²) in [4.78, 5) is 260. The Labute approximate surface area is 753 Å². The number of hydrogen-bond donors (Lipinski definition) is 29. The number of nitrogens with one attached hydrogen (secondary N) is 19. The van der Waals surface area contributed by atoms with Crippen molar-refractivity contribution in [1.82, 2.24) is 99.7 Å². The monoisotopic (exact) mass is 1840 g/mol. The van der Waals surface area contributed by atoms with Crippen LogP contribution in [0.1, 0.15) is 148 Å². The van der Waals surface area contributed by atoms with Crippen LogP contribution in [0, 0.1) is 17.2 Å². The van der Waals surface area contributed by atoms with Crippen LogP contribution in [0.4, 0.5) is 0 Å². The first-order valence-electron chi connectivity index (χ1n) is 42.9. The molecule has 3 heterocycles. The van der Waals surface area contributed by atoms with Gasteiger partial charge < -0.3 is 149 Å². The lowest BCUT2D eigenvalue weighted by Gasteiger charge is -2.28. The summed E-state index contributed by atoms with van der Waals surface area (Å²) in [5.74, 6) is -22.0. The average molecular weight is 1840 g/mol. The highest BCUT2D eigenvalue weighted by atomic mass is 16.4. The first-order chi connectivity index (χ1) is 62.2. The normalized spacial score (nSPS) is 14.6. The van der Waals surface area contributed by atoms with Gasteiger partial charge in [0.2, 0.25) is 88.6 Å². The Morgan fingerprint density at radius 1 is 0.443 bits per heavy atom. The quantitative estimate of drug-likeness (QED) is 0.00978. The first-order valence-corrected chi connectivity index (χ1v) is 42.9. The summed E-state index contributed by atoms with van der Waals surface area (Å²) >= 11 is 0. The molecule has 34 N–H and O–H groups in total. The van der Waals surface area contributed by atoms with E-state index in [4.69, 9.17) is 34.1 Å². The maximum atomic E-state index is 15.0. The fraction of sp³-hybridized carbons (Fsp3) is 0.542.